The first-order valence-electron chi connectivity index (χ1n) is 3.56. The van der Waals surface area contributed by atoms with Crippen molar-refractivity contribution in [2.24, 2.45) is 5.84 Å². The second-order valence-electron chi connectivity index (χ2n) is 2.60. The number of nitrogens with two attached hydrogens (primary N) is 1. The molecule has 0 bridgehead atoms. The lowest BCUT2D eigenvalue weighted by Gasteiger charge is -2.08. The van der Waals surface area contributed by atoms with Crippen molar-refractivity contribution >= 4 is 5.91 Å². The fourth-order valence-corrected chi connectivity index (χ4v) is 0.798. The van der Waals surface area contributed by atoms with Gasteiger partial charge in [-0.1, -0.05) is 0 Å². The van der Waals surface area contributed by atoms with Crippen LogP contribution in [0.4, 0.5) is 0 Å². The molecule has 2 N–H and O–H groups in total. The average molecular weight is 165 g/mol. The number of rotatable bonds is 1. The van der Waals surface area contributed by atoms with E-state index in [1.165, 1.54) is 13.2 Å². The number of aromatic nitrogens is 1. The lowest BCUT2D eigenvalue weighted by atomic mass is 10.2. The molecule has 0 aliphatic carbocycles. The van der Waals surface area contributed by atoms with Crippen LogP contribution in [-0.4, -0.2) is 22.9 Å². The van der Waals surface area contributed by atoms with Gasteiger partial charge in [-0.15, -0.1) is 0 Å². The number of hydrogen-bond donors (Lipinski definition) is 1. The molecule has 1 heterocycles. The molecule has 1 aromatic heterocycles. The Bertz CT molecular complexity index is 279. The van der Waals surface area contributed by atoms with Crippen molar-refractivity contribution in [2.45, 2.75) is 6.92 Å². The van der Waals surface area contributed by atoms with Crippen molar-refractivity contribution in [3.05, 3.63) is 29.6 Å². The second kappa shape index (κ2) is 3.32. The van der Waals surface area contributed by atoms with E-state index in [1.807, 2.05) is 6.92 Å². The van der Waals surface area contributed by atoms with Crippen LogP contribution in [-0.2, 0) is 0 Å². The zero-order chi connectivity index (χ0) is 9.14. The van der Waals surface area contributed by atoms with Crippen LogP contribution in [0, 0.1) is 6.92 Å². The molecule has 0 aromatic carbocycles. The number of carbonyl (C=O) groups excluding carboxylic acids is 1. The SMILES string of the molecule is Cc1ccc(C(=O)N(C)N)cn1. The van der Waals surface area contributed by atoms with Crippen molar-refractivity contribution in [2.75, 3.05) is 7.05 Å². The summed E-state index contributed by atoms with van der Waals surface area (Å²) in [5, 5.41) is 1.03. The van der Waals surface area contributed by atoms with Crippen LogP contribution < -0.4 is 5.84 Å². The summed E-state index contributed by atoms with van der Waals surface area (Å²) >= 11 is 0. The summed E-state index contributed by atoms with van der Waals surface area (Å²) in [7, 11) is 1.50. The molecule has 0 saturated carbocycles. The van der Waals surface area contributed by atoms with Crippen molar-refractivity contribution in [1.29, 1.82) is 0 Å². The number of hydrogen-bond acceptors (Lipinski definition) is 3. The number of pyridine rings is 1. The monoisotopic (exact) mass is 165 g/mol. The minimum atomic E-state index is -0.234. The smallest absolute Gasteiger partial charge is 0.269 e. The highest BCUT2D eigenvalue weighted by atomic mass is 16.2. The Kier molecular flexibility index (Phi) is 2.40. The van der Waals surface area contributed by atoms with Gasteiger partial charge >= 0.3 is 0 Å². The van der Waals surface area contributed by atoms with Gasteiger partial charge in [-0.2, -0.15) is 0 Å². The highest BCUT2D eigenvalue weighted by Crippen LogP contribution is 2.00. The van der Waals surface area contributed by atoms with E-state index < -0.39 is 0 Å². The first-order chi connectivity index (χ1) is 5.61. The second-order valence-corrected chi connectivity index (χ2v) is 2.60. The van der Waals surface area contributed by atoms with Gasteiger partial charge in [0.25, 0.3) is 5.91 Å². The number of hydrazine groups is 1. The number of nitrogens with zero attached hydrogens (tertiary/aromatic N) is 2. The van der Waals surface area contributed by atoms with Gasteiger partial charge in [0.2, 0.25) is 0 Å². The van der Waals surface area contributed by atoms with Crippen molar-refractivity contribution < 1.29 is 4.79 Å². The van der Waals surface area contributed by atoms with Crippen molar-refractivity contribution in [3.63, 3.8) is 0 Å². The van der Waals surface area contributed by atoms with Gasteiger partial charge in [-0.25, -0.2) is 5.84 Å². The third kappa shape index (κ3) is 1.79. The molecule has 1 amide bonds. The van der Waals surface area contributed by atoms with Crippen LogP contribution in [0.1, 0.15) is 16.1 Å². The van der Waals surface area contributed by atoms with Gasteiger partial charge in [-0.3, -0.25) is 14.8 Å². The minimum Gasteiger partial charge on any atom is -0.280 e. The maximum Gasteiger partial charge on any atom is 0.269 e. The molecular formula is C8H11N3O. The van der Waals surface area contributed by atoms with E-state index in [-0.39, 0.29) is 5.91 Å². The van der Waals surface area contributed by atoms with E-state index in [9.17, 15) is 4.79 Å². The molecule has 0 saturated heterocycles. The van der Waals surface area contributed by atoms with Gasteiger partial charge in [0.15, 0.2) is 0 Å². The zero-order valence-corrected chi connectivity index (χ0v) is 7.11. The van der Waals surface area contributed by atoms with E-state index >= 15 is 0 Å². The van der Waals surface area contributed by atoms with Gasteiger partial charge in [0.1, 0.15) is 0 Å². The highest BCUT2D eigenvalue weighted by molar-refractivity contribution is 5.93. The molecule has 0 unspecified atom stereocenters. The van der Waals surface area contributed by atoms with Crippen LogP contribution >= 0.6 is 0 Å². The molecule has 1 aromatic rings. The summed E-state index contributed by atoms with van der Waals surface area (Å²) in [6.07, 6.45) is 1.51. The predicted octanol–water partition coefficient (Wildman–Crippen LogP) is 0.336. The summed E-state index contributed by atoms with van der Waals surface area (Å²) in [5.41, 5.74) is 1.39. The van der Waals surface area contributed by atoms with Crippen LogP contribution in [0.3, 0.4) is 0 Å². The molecule has 0 aliphatic heterocycles. The fourth-order valence-electron chi connectivity index (χ4n) is 0.798. The fraction of sp³-hybridized carbons (Fsp3) is 0.250. The lowest BCUT2D eigenvalue weighted by molar-refractivity contribution is 0.0794. The maximum atomic E-state index is 11.2. The van der Waals surface area contributed by atoms with Crippen LogP contribution in [0.15, 0.2) is 18.3 Å². The Morgan fingerprint density at radius 3 is 2.67 bits per heavy atom. The molecule has 0 radical (unpaired) electrons. The standard InChI is InChI=1S/C8H11N3O/c1-6-3-4-7(5-10-6)8(12)11(2)9/h3-5H,9H2,1-2H3. The van der Waals surface area contributed by atoms with E-state index in [1.54, 1.807) is 12.1 Å². The van der Waals surface area contributed by atoms with Gasteiger partial charge in [0, 0.05) is 18.9 Å². The molecule has 64 valence electrons. The summed E-state index contributed by atoms with van der Waals surface area (Å²) in [6, 6.07) is 3.48. The Hall–Kier alpha value is -1.42. The van der Waals surface area contributed by atoms with Crippen molar-refractivity contribution in [1.82, 2.24) is 9.99 Å². The molecule has 0 fully saturated rings. The third-order valence-corrected chi connectivity index (χ3v) is 1.48. The molecule has 1 rings (SSSR count). The normalized spacial score (nSPS) is 9.58. The van der Waals surface area contributed by atoms with E-state index in [4.69, 9.17) is 5.84 Å². The highest BCUT2D eigenvalue weighted by Gasteiger charge is 2.07. The first kappa shape index (κ1) is 8.67. The maximum absolute atomic E-state index is 11.2. The summed E-state index contributed by atoms with van der Waals surface area (Å²) in [6.45, 7) is 1.86. The van der Waals surface area contributed by atoms with Crippen LogP contribution in [0.25, 0.3) is 0 Å². The van der Waals surface area contributed by atoms with Gasteiger partial charge in [0.05, 0.1) is 5.56 Å². The van der Waals surface area contributed by atoms with Crippen LogP contribution in [0.2, 0.25) is 0 Å². The van der Waals surface area contributed by atoms with E-state index in [0.717, 1.165) is 10.7 Å². The molecule has 4 heteroatoms. The molecule has 4 nitrogen and oxygen atoms in total. The Morgan fingerprint density at radius 1 is 1.58 bits per heavy atom. The molecule has 0 aliphatic rings. The summed E-state index contributed by atoms with van der Waals surface area (Å²) in [4.78, 5) is 15.2. The van der Waals surface area contributed by atoms with E-state index in [2.05, 4.69) is 4.98 Å². The van der Waals surface area contributed by atoms with E-state index in [0.29, 0.717) is 5.56 Å². The third-order valence-electron chi connectivity index (χ3n) is 1.48. The lowest BCUT2D eigenvalue weighted by Crippen LogP contribution is -2.33. The van der Waals surface area contributed by atoms with Crippen LogP contribution in [0.5, 0.6) is 0 Å². The molecule has 0 spiro atoms. The van der Waals surface area contributed by atoms with Crippen molar-refractivity contribution in [3.8, 4) is 0 Å². The quantitative estimate of drug-likeness (QED) is 0.371. The number of carbonyl (C=O) groups is 1. The summed E-state index contributed by atoms with van der Waals surface area (Å²) < 4.78 is 0. The number of aryl methyl sites for hydroxylation is 1. The predicted molar refractivity (Wildman–Crippen MR) is 45.3 cm³/mol. The minimum absolute atomic E-state index is 0.234. The largest absolute Gasteiger partial charge is 0.280 e. The van der Waals surface area contributed by atoms with Gasteiger partial charge < -0.3 is 0 Å². The Labute approximate surface area is 71.0 Å². The number of amides is 1. The first-order valence-corrected chi connectivity index (χ1v) is 3.56. The zero-order valence-electron chi connectivity index (χ0n) is 7.11. The molecular weight excluding hydrogens is 154 g/mol. The molecule has 12 heavy (non-hydrogen) atoms. The Morgan fingerprint density at radius 2 is 2.25 bits per heavy atom. The topological polar surface area (TPSA) is 59.2 Å². The molecule has 0 atom stereocenters. The summed E-state index contributed by atoms with van der Waals surface area (Å²) in [5.74, 6) is 5.03. The van der Waals surface area contributed by atoms with Gasteiger partial charge in [-0.05, 0) is 19.1 Å². The Balaban J connectivity index is 2.90. The average Bonchev–Trinajstić information content (AvgIpc) is 2.04.